The normalized spacial score (nSPS) is 16.1. The van der Waals surface area contributed by atoms with Crippen LogP contribution in [-0.2, 0) is 4.74 Å². The van der Waals surface area contributed by atoms with Crippen molar-refractivity contribution in [1.82, 2.24) is 0 Å². The molecule has 2 aliphatic heterocycles. The summed E-state index contributed by atoms with van der Waals surface area (Å²) in [7, 11) is 0. The third-order valence-corrected chi connectivity index (χ3v) is 3.64. The van der Waals surface area contributed by atoms with Crippen molar-refractivity contribution in [3.8, 4) is 0 Å². The molecule has 2 aromatic rings. The van der Waals surface area contributed by atoms with Crippen molar-refractivity contribution in [2.75, 3.05) is 11.4 Å². The zero-order chi connectivity index (χ0) is 14.1. The van der Waals surface area contributed by atoms with Gasteiger partial charge in [0, 0.05) is 17.3 Å². The maximum absolute atomic E-state index is 5.54. The SMILES string of the molecule is C1=NCC2=COC=C(c3ccccc3)N2c2ccccc21. The van der Waals surface area contributed by atoms with Gasteiger partial charge < -0.3 is 9.64 Å². The Bertz CT molecular complexity index is 760. The first kappa shape index (κ1) is 12.0. The summed E-state index contributed by atoms with van der Waals surface area (Å²) in [6.45, 7) is 0.610. The number of ether oxygens (including phenoxy) is 1. The van der Waals surface area contributed by atoms with Crippen LogP contribution in [0.4, 0.5) is 5.69 Å². The van der Waals surface area contributed by atoms with Gasteiger partial charge in [-0.05, 0) is 6.07 Å². The van der Waals surface area contributed by atoms with Gasteiger partial charge in [0.05, 0.1) is 23.6 Å². The molecular formula is C18H14N2O. The van der Waals surface area contributed by atoms with Gasteiger partial charge in [0.25, 0.3) is 0 Å². The number of hydrogen-bond donors (Lipinski definition) is 0. The second kappa shape index (κ2) is 4.94. The maximum Gasteiger partial charge on any atom is 0.115 e. The highest BCUT2D eigenvalue weighted by Gasteiger charge is 2.25. The lowest BCUT2D eigenvalue weighted by Gasteiger charge is -2.31. The molecule has 0 atom stereocenters. The van der Waals surface area contributed by atoms with Gasteiger partial charge in [-0.1, -0.05) is 48.5 Å². The quantitative estimate of drug-likeness (QED) is 0.790. The first-order chi connectivity index (χ1) is 10.4. The van der Waals surface area contributed by atoms with Crippen LogP contribution in [0.15, 0.2) is 77.8 Å². The summed E-state index contributed by atoms with van der Waals surface area (Å²) in [5.74, 6) is 0. The first-order valence-electron chi connectivity index (χ1n) is 6.92. The Balaban J connectivity index is 1.88. The van der Waals surface area contributed by atoms with E-state index in [9.17, 15) is 0 Å². The molecule has 3 heteroatoms. The Morgan fingerprint density at radius 1 is 0.905 bits per heavy atom. The fraction of sp³-hybridized carbons (Fsp3) is 0.0556. The minimum absolute atomic E-state index is 0.610. The first-order valence-corrected chi connectivity index (χ1v) is 6.92. The summed E-state index contributed by atoms with van der Waals surface area (Å²) in [6, 6.07) is 18.5. The second-order valence-electron chi connectivity index (χ2n) is 4.98. The zero-order valence-corrected chi connectivity index (χ0v) is 11.4. The van der Waals surface area contributed by atoms with Gasteiger partial charge in [-0.15, -0.1) is 0 Å². The maximum atomic E-state index is 5.54. The zero-order valence-electron chi connectivity index (χ0n) is 11.4. The summed E-state index contributed by atoms with van der Waals surface area (Å²) >= 11 is 0. The van der Waals surface area contributed by atoms with Crippen LogP contribution >= 0.6 is 0 Å². The minimum Gasteiger partial charge on any atom is -0.469 e. The van der Waals surface area contributed by atoms with E-state index in [0.717, 1.165) is 28.2 Å². The molecule has 2 aliphatic rings. The lowest BCUT2D eigenvalue weighted by Crippen LogP contribution is -2.25. The van der Waals surface area contributed by atoms with E-state index in [0.29, 0.717) is 6.54 Å². The van der Waals surface area contributed by atoms with Crippen molar-refractivity contribution in [1.29, 1.82) is 0 Å². The minimum atomic E-state index is 0.610. The standard InChI is InChI=1S/C18H14N2O/c1-2-6-14(7-3-1)18-13-21-12-16-11-19-10-15-8-4-5-9-17(15)20(16)18/h1-10,12-13H,11H2. The fourth-order valence-electron chi connectivity index (χ4n) is 2.67. The van der Waals surface area contributed by atoms with Crippen molar-refractivity contribution in [2.45, 2.75) is 0 Å². The topological polar surface area (TPSA) is 24.8 Å². The van der Waals surface area contributed by atoms with Crippen LogP contribution < -0.4 is 4.90 Å². The van der Waals surface area contributed by atoms with Crippen LogP contribution in [-0.4, -0.2) is 12.8 Å². The van der Waals surface area contributed by atoms with Gasteiger partial charge >= 0.3 is 0 Å². The summed E-state index contributed by atoms with van der Waals surface area (Å²) in [6.07, 6.45) is 5.49. The van der Waals surface area contributed by atoms with Crippen LogP contribution in [0.25, 0.3) is 5.70 Å². The van der Waals surface area contributed by atoms with E-state index in [1.54, 1.807) is 12.5 Å². The highest BCUT2D eigenvalue weighted by Crippen LogP contribution is 2.35. The summed E-state index contributed by atoms with van der Waals surface area (Å²) in [5, 5.41) is 0. The van der Waals surface area contributed by atoms with Crippen LogP contribution in [0.1, 0.15) is 11.1 Å². The van der Waals surface area contributed by atoms with Crippen molar-refractivity contribution in [3.63, 3.8) is 0 Å². The third-order valence-electron chi connectivity index (χ3n) is 3.64. The van der Waals surface area contributed by atoms with Crippen LogP contribution in [0.2, 0.25) is 0 Å². The van der Waals surface area contributed by atoms with Gasteiger partial charge in [-0.3, -0.25) is 4.99 Å². The molecule has 0 N–H and O–H groups in total. The molecule has 21 heavy (non-hydrogen) atoms. The van der Waals surface area contributed by atoms with Gasteiger partial charge in [-0.2, -0.15) is 0 Å². The molecule has 0 saturated heterocycles. The molecule has 0 unspecified atom stereocenters. The molecule has 3 nitrogen and oxygen atoms in total. The molecule has 0 amide bonds. The van der Waals surface area contributed by atoms with E-state index < -0.39 is 0 Å². The average molecular weight is 274 g/mol. The van der Waals surface area contributed by atoms with Gasteiger partial charge in [0.1, 0.15) is 12.5 Å². The fourth-order valence-corrected chi connectivity index (χ4v) is 2.67. The van der Waals surface area contributed by atoms with E-state index in [1.807, 2.05) is 36.5 Å². The Morgan fingerprint density at radius 3 is 2.62 bits per heavy atom. The van der Waals surface area contributed by atoms with E-state index in [4.69, 9.17) is 4.74 Å². The largest absolute Gasteiger partial charge is 0.469 e. The molecule has 0 bridgehead atoms. The van der Waals surface area contributed by atoms with Crippen molar-refractivity contribution >= 4 is 17.6 Å². The summed E-state index contributed by atoms with van der Waals surface area (Å²) in [5.41, 5.74) is 5.44. The molecule has 2 aromatic carbocycles. The summed E-state index contributed by atoms with van der Waals surface area (Å²) < 4.78 is 5.54. The number of aliphatic imine (C=N–C) groups is 1. The lowest BCUT2D eigenvalue weighted by molar-refractivity contribution is 0.390. The van der Waals surface area contributed by atoms with Crippen molar-refractivity contribution in [3.05, 3.63) is 83.9 Å². The molecule has 0 aromatic heterocycles. The number of benzene rings is 2. The number of rotatable bonds is 1. The Morgan fingerprint density at radius 2 is 1.71 bits per heavy atom. The number of para-hydroxylation sites is 1. The van der Waals surface area contributed by atoms with Gasteiger partial charge in [-0.25, -0.2) is 0 Å². The molecule has 0 fully saturated rings. The highest BCUT2D eigenvalue weighted by molar-refractivity contribution is 5.95. The number of anilines is 1. The van der Waals surface area contributed by atoms with E-state index >= 15 is 0 Å². The highest BCUT2D eigenvalue weighted by atomic mass is 16.5. The van der Waals surface area contributed by atoms with Crippen LogP contribution in [0.5, 0.6) is 0 Å². The Kier molecular flexibility index (Phi) is 2.82. The Labute approximate surface area is 123 Å². The van der Waals surface area contributed by atoms with Crippen LogP contribution in [0, 0.1) is 0 Å². The average Bonchev–Trinajstić information content (AvgIpc) is 2.75. The second-order valence-corrected chi connectivity index (χ2v) is 4.98. The number of nitrogens with zero attached hydrogens (tertiary/aromatic N) is 2. The molecule has 0 aliphatic carbocycles. The smallest absolute Gasteiger partial charge is 0.115 e. The predicted octanol–water partition coefficient (Wildman–Crippen LogP) is 3.80. The van der Waals surface area contributed by atoms with E-state index in [-0.39, 0.29) is 0 Å². The number of hydrogen-bond acceptors (Lipinski definition) is 3. The molecule has 102 valence electrons. The molecule has 0 spiro atoms. The van der Waals surface area contributed by atoms with Gasteiger partial charge in [0.15, 0.2) is 0 Å². The van der Waals surface area contributed by atoms with Gasteiger partial charge in [0.2, 0.25) is 0 Å². The van der Waals surface area contributed by atoms with E-state index in [2.05, 4.69) is 34.2 Å². The van der Waals surface area contributed by atoms with Crippen LogP contribution in [0.3, 0.4) is 0 Å². The lowest BCUT2D eigenvalue weighted by atomic mass is 10.1. The molecular weight excluding hydrogens is 260 g/mol. The Hall–Kier alpha value is -2.81. The molecule has 2 heterocycles. The summed E-state index contributed by atoms with van der Waals surface area (Å²) in [4.78, 5) is 6.71. The monoisotopic (exact) mass is 274 g/mol. The van der Waals surface area contributed by atoms with Crippen molar-refractivity contribution in [2.24, 2.45) is 4.99 Å². The third kappa shape index (κ3) is 2.03. The molecule has 0 saturated carbocycles. The predicted molar refractivity (Wildman–Crippen MR) is 85.0 cm³/mol. The molecule has 0 radical (unpaired) electrons. The molecule has 4 rings (SSSR count). The number of fused-ring (bicyclic) bond motifs is 3. The van der Waals surface area contributed by atoms with Crippen molar-refractivity contribution < 1.29 is 4.74 Å². The van der Waals surface area contributed by atoms with E-state index in [1.165, 1.54) is 0 Å².